The Morgan fingerprint density at radius 3 is 0.768 bits per heavy atom. The molecule has 12 N–H and O–H groups in total. The molecule has 4 aliphatic rings. The molecule has 16 rings (SSSR count). The summed E-state index contributed by atoms with van der Waals surface area (Å²) in [4.78, 5) is 0. The standard InChI is InChI=1S/C27H31F3N2O4.C26H29F3N2O4.C25H27F3N2O4.C24H25F3N2O4/c1-24(2,33)10-7-11-36-18-12-20(17-14-31-32(15-17)16-25(3,4)34)23-19-8-5-6-9-21(19)26(35,22(23)13-18)27(28,29)30;1-23(2,32)9-10-35-17-11-19(16-13-30-31(14-16)15-24(3,4)33)22-18-7-5-6-8-20(18)25(34,21(22)12-17)26(27,28)29;1-22(2,31)13-30-12-15(11-29-30)18-9-16(34-14-23(3,4)32)10-20-21(18)17-7-5-6-8-19(17)24(20,33)25(26,27)28;1-14(30)12-33-16-8-18(15-10-28-29(11-15)13-22(2,3)31)21-17-6-4-5-7-19(17)23(32,20(21)9-16)24(25,26)27/h5-6,8-9,12-15,33-35H,7,10-11,16H2,1-4H3;5-8,11-14,32-34H,9-10,15H2,1-4H3;5-12,31-33H,13-14H2,1-4H3;4-11,14,30-32H,12-13H2,1-3H3/t26-;25-;24-;14-,23+/m1110/s1. The Balaban J connectivity index is 0.000000155. The molecule has 4 aliphatic carbocycles. The molecule has 5 atom stereocenters. The van der Waals surface area contributed by atoms with Gasteiger partial charge in [-0.05, 0) is 232 Å². The lowest BCUT2D eigenvalue weighted by atomic mass is 9.89. The second kappa shape index (κ2) is 37.2. The van der Waals surface area contributed by atoms with E-state index in [0.717, 1.165) is 0 Å². The largest absolute Gasteiger partial charge is 0.494 e. The molecule has 0 aliphatic heterocycles. The molecular weight excluding hydrogens is 1820 g/mol. The fourth-order valence-electron chi connectivity index (χ4n) is 17.4. The number of halogens is 12. The Morgan fingerprint density at radius 1 is 0.297 bits per heavy atom. The van der Waals surface area contributed by atoms with Crippen molar-refractivity contribution < 1.29 is 133 Å². The highest BCUT2D eigenvalue weighted by Crippen LogP contribution is 2.64. The molecular formula is C102H112F12N8O16. The molecule has 0 spiro atoms. The zero-order chi connectivity index (χ0) is 102. The minimum Gasteiger partial charge on any atom is -0.494 e. The molecule has 4 aromatic heterocycles. The van der Waals surface area contributed by atoms with Crippen LogP contribution in [-0.2, 0) is 48.6 Å². The predicted molar refractivity (Wildman–Crippen MR) is 490 cm³/mol. The monoisotopic (exact) mass is 1930 g/mol. The van der Waals surface area contributed by atoms with E-state index in [1.54, 1.807) is 181 Å². The second-order valence-corrected chi connectivity index (χ2v) is 40.0. The van der Waals surface area contributed by atoms with Crippen LogP contribution in [0.2, 0.25) is 0 Å². The third-order valence-corrected chi connectivity index (χ3v) is 23.2. The summed E-state index contributed by atoms with van der Waals surface area (Å²) in [5, 5.41) is 142. The van der Waals surface area contributed by atoms with Crippen LogP contribution in [0.4, 0.5) is 52.7 Å². The maximum absolute atomic E-state index is 14.4. The Labute approximate surface area is 788 Å². The topological polar surface area (TPSA) is 351 Å². The Morgan fingerprint density at radius 2 is 0.536 bits per heavy atom. The van der Waals surface area contributed by atoms with E-state index in [2.05, 4.69) is 20.4 Å². The van der Waals surface area contributed by atoms with Gasteiger partial charge in [0.2, 0.25) is 22.4 Å². The molecule has 0 unspecified atom stereocenters. The number of ether oxygens (including phenoxy) is 4. The van der Waals surface area contributed by atoms with Crippen LogP contribution in [0, 0.1) is 0 Å². The number of nitrogens with zero attached hydrogens (tertiary/aromatic N) is 8. The number of aromatic nitrogens is 8. The van der Waals surface area contributed by atoms with Crippen molar-refractivity contribution in [3.63, 3.8) is 0 Å². The highest BCUT2D eigenvalue weighted by atomic mass is 19.4. The summed E-state index contributed by atoms with van der Waals surface area (Å²) in [7, 11) is 0. The molecule has 0 saturated carbocycles. The number of rotatable bonds is 27. The minimum absolute atomic E-state index is 0.0666. The van der Waals surface area contributed by atoms with Gasteiger partial charge in [0.1, 0.15) is 36.2 Å². The van der Waals surface area contributed by atoms with E-state index in [4.69, 9.17) is 18.9 Å². The van der Waals surface area contributed by atoms with Gasteiger partial charge in [-0.1, -0.05) is 97.1 Å². The fourth-order valence-corrected chi connectivity index (χ4v) is 17.4. The number of hydrogen-bond acceptors (Lipinski definition) is 20. The van der Waals surface area contributed by atoms with Gasteiger partial charge in [-0.2, -0.15) is 73.1 Å². The first-order chi connectivity index (χ1) is 63.6. The van der Waals surface area contributed by atoms with Crippen LogP contribution in [0.25, 0.3) is 89.0 Å². The molecule has 740 valence electrons. The summed E-state index contributed by atoms with van der Waals surface area (Å²) >= 11 is 0. The molecule has 12 aromatic rings. The van der Waals surface area contributed by atoms with Crippen molar-refractivity contribution in [2.24, 2.45) is 0 Å². The van der Waals surface area contributed by atoms with Crippen LogP contribution in [-0.4, -0.2) is 197 Å². The lowest BCUT2D eigenvalue weighted by Crippen LogP contribution is -2.41. The summed E-state index contributed by atoms with van der Waals surface area (Å²) in [6.45, 7) is 24.8. The van der Waals surface area contributed by atoms with Gasteiger partial charge in [0.05, 0.1) is 109 Å². The zero-order valence-electron chi connectivity index (χ0n) is 78.4. The van der Waals surface area contributed by atoms with Gasteiger partial charge < -0.3 is 80.2 Å². The first-order valence-corrected chi connectivity index (χ1v) is 44.3. The lowest BCUT2D eigenvalue weighted by Gasteiger charge is -2.29. The van der Waals surface area contributed by atoms with E-state index in [1.165, 1.54) is 137 Å². The van der Waals surface area contributed by atoms with Crippen molar-refractivity contribution in [3.8, 4) is 112 Å². The average molecular weight is 1930 g/mol. The van der Waals surface area contributed by atoms with E-state index >= 15 is 0 Å². The maximum Gasteiger partial charge on any atom is 0.425 e. The molecule has 24 nitrogen and oxygen atoms in total. The average Bonchev–Trinajstić information content (AvgIpc) is 1.56. The summed E-state index contributed by atoms with van der Waals surface area (Å²) < 4.78 is 201. The summed E-state index contributed by atoms with van der Waals surface area (Å²) in [6.07, 6.45) is -7.02. The molecule has 138 heavy (non-hydrogen) atoms. The SMILES string of the molecule is CC(C)(O)CCCOc1cc(-c2cnn(CC(C)(C)O)c2)c2c(c1)[C@@](O)(C(F)(F)F)c1ccccc1-2.CC(C)(O)CCOc1cc(-c2cnn(CC(C)(C)O)c2)c2c(c1)[C@@](O)(C(F)(F)F)c1ccccc1-2.CC(C)(O)COc1cc(-c2cnn(CC(C)(C)O)c2)c2c(c1)[C@@](O)(C(F)(F)F)c1ccccc1-2.C[C@H](O)COc1cc(-c2cnn(CC(C)(C)O)c2)c2c(c1)[C@@](O)(C(F)(F)F)c1ccccc1-2. The molecule has 0 saturated heterocycles. The molecule has 0 radical (unpaired) electrons. The Hall–Kier alpha value is -11.5. The molecule has 0 amide bonds. The van der Waals surface area contributed by atoms with E-state index in [0.29, 0.717) is 57.3 Å². The van der Waals surface area contributed by atoms with Crippen molar-refractivity contribution >= 4 is 0 Å². The van der Waals surface area contributed by atoms with Crippen molar-refractivity contribution in [2.75, 3.05) is 26.4 Å². The molecule has 0 bridgehead atoms. The number of fused-ring (bicyclic) bond motifs is 12. The van der Waals surface area contributed by atoms with Crippen molar-refractivity contribution in [1.29, 1.82) is 0 Å². The van der Waals surface area contributed by atoms with Gasteiger partial charge in [0.25, 0.3) is 0 Å². The van der Waals surface area contributed by atoms with Gasteiger partial charge >= 0.3 is 24.7 Å². The van der Waals surface area contributed by atoms with Crippen molar-refractivity contribution in [3.05, 3.63) is 240 Å². The van der Waals surface area contributed by atoms with E-state index in [9.17, 15) is 114 Å². The van der Waals surface area contributed by atoms with Gasteiger partial charge in [-0.25, -0.2) is 0 Å². The summed E-state index contributed by atoms with van der Waals surface area (Å²) in [5.74, 6) is 0.455. The van der Waals surface area contributed by atoms with E-state index in [1.807, 2.05) is 0 Å². The maximum atomic E-state index is 14.4. The summed E-state index contributed by atoms with van der Waals surface area (Å²) in [6, 6.07) is 34.9. The van der Waals surface area contributed by atoms with Gasteiger partial charge in [-0.3, -0.25) is 18.7 Å². The quantitative estimate of drug-likeness (QED) is 0.0168. The Bertz CT molecular complexity index is 6430. The van der Waals surface area contributed by atoms with Crippen LogP contribution >= 0.6 is 0 Å². The summed E-state index contributed by atoms with van der Waals surface area (Å²) in [5.41, 5.74) is -16.8. The third-order valence-electron chi connectivity index (χ3n) is 23.2. The number of alkyl halides is 12. The minimum atomic E-state index is -4.99. The highest BCUT2D eigenvalue weighted by Gasteiger charge is 2.65. The molecule has 36 heteroatoms. The molecule has 0 fully saturated rings. The number of benzene rings is 8. The first-order valence-electron chi connectivity index (χ1n) is 44.3. The van der Waals surface area contributed by atoms with Crippen LogP contribution in [0.15, 0.2) is 195 Å². The van der Waals surface area contributed by atoms with Crippen LogP contribution in [0.3, 0.4) is 0 Å². The van der Waals surface area contributed by atoms with Gasteiger partial charge in [-0.15, -0.1) is 0 Å². The first kappa shape index (κ1) is 104. The highest BCUT2D eigenvalue weighted by molar-refractivity contribution is 5.97. The van der Waals surface area contributed by atoms with E-state index in [-0.39, 0.29) is 171 Å². The normalized spacial score (nSPS) is 18.1. The van der Waals surface area contributed by atoms with Crippen LogP contribution in [0.1, 0.15) is 168 Å². The van der Waals surface area contributed by atoms with Crippen molar-refractivity contribution in [1.82, 2.24) is 39.1 Å². The molecule has 8 aromatic carbocycles. The number of aliphatic hydroxyl groups is 12. The lowest BCUT2D eigenvalue weighted by molar-refractivity contribution is -0.247. The number of hydrogen-bond donors (Lipinski definition) is 12. The fraction of sp³-hybridized carbons (Fsp3) is 0.412. The number of aliphatic hydroxyl groups excluding tert-OH is 1. The third kappa shape index (κ3) is 21.9. The zero-order valence-corrected chi connectivity index (χ0v) is 78.4. The van der Waals surface area contributed by atoms with Gasteiger partial charge in [0, 0.05) is 98.0 Å². The predicted octanol–water partition coefficient (Wildman–Crippen LogP) is 17.8. The second-order valence-electron chi connectivity index (χ2n) is 40.0. The Kier molecular flexibility index (Phi) is 28.0. The van der Waals surface area contributed by atoms with Crippen LogP contribution in [0.5, 0.6) is 23.0 Å². The van der Waals surface area contributed by atoms with E-state index < -0.39 is 92.4 Å². The smallest absolute Gasteiger partial charge is 0.425 e. The van der Waals surface area contributed by atoms with Gasteiger partial charge in [0.15, 0.2) is 0 Å². The van der Waals surface area contributed by atoms with Crippen molar-refractivity contribution in [2.45, 2.75) is 242 Å². The molecule has 4 heterocycles. The van der Waals surface area contributed by atoms with Crippen LogP contribution < -0.4 is 18.9 Å².